The molecule has 0 aliphatic heterocycles. The molecule has 4 nitrogen and oxygen atoms in total. The largest absolute Gasteiger partial charge is 0.465 e. The van der Waals surface area contributed by atoms with Gasteiger partial charge in [-0.25, -0.2) is 9.78 Å². The van der Waals surface area contributed by atoms with Gasteiger partial charge < -0.3 is 9.47 Å². The third kappa shape index (κ3) is 3.05. The van der Waals surface area contributed by atoms with Crippen molar-refractivity contribution in [1.29, 1.82) is 0 Å². The van der Waals surface area contributed by atoms with Crippen molar-refractivity contribution < 1.29 is 14.3 Å². The van der Waals surface area contributed by atoms with E-state index in [0.717, 1.165) is 9.86 Å². The first-order chi connectivity index (χ1) is 11.1. The zero-order valence-electron chi connectivity index (χ0n) is 12.7. The monoisotopic (exact) mass is 371 g/mol. The minimum Gasteiger partial charge on any atom is -0.465 e. The molecule has 0 atom stereocenters. The average molecular weight is 372 g/mol. The average Bonchev–Trinajstić information content (AvgIpc) is 2.56. The second-order valence-electron chi connectivity index (χ2n) is 4.99. The van der Waals surface area contributed by atoms with Crippen LogP contribution >= 0.6 is 15.9 Å². The highest BCUT2D eigenvalue weighted by atomic mass is 79.9. The molecule has 0 saturated heterocycles. The summed E-state index contributed by atoms with van der Waals surface area (Å²) in [7, 11) is 1.36. The summed E-state index contributed by atoms with van der Waals surface area (Å²) in [6.45, 7) is 1.80. The van der Waals surface area contributed by atoms with Crippen LogP contribution in [0, 0.1) is 6.92 Å². The summed E-state index contributed by atoms with van der Waals surface area (Å²) in [4.78, 5) is 16.8. The smallest absolute Gasteiger partial charge is 0.339 e. The van der Waals surface area contributed by atoms with E-state index >= 15 is 0 Å². The lowest BCUT2D eigenvalue weighted by Crippen LogP contribution is -2.07. The maximum absolute atomic E-state index is 12.2. The fourth-order valence-electron chi connectivity index (χ4n) is 2.37. The van der Waals surface area contributed by atoms with E-state index in [0.29, 0.717) is 28.3 Å². The Bertz CT molecular complexity index is 878. The minimum atomic E-state index is -0.411. The standard InChI is InChI=1S/C18H14BrNO3/c1-11-16(18(21)22-2)14-10-12(19)8-9-15(14)20-17(11)23-13-6-4-3-5-7-13/h3-10H,1-2H3. The van der Waals surface area contributed by atoms with Gasteiger partial charge >= 0.3 is 5.97 Å². The van der Waals surface area contributed by atoms with Crippen LogP contribution in [0.2, 0.25) is 0 Å². The molecule has 0 spiro atoms. The Morgan fingerprint density at radius 1 is 1.13 bits per heavy atom. The Morgan fingerprint density at radius 3 is 2.57 bits per heavy atom. The molecule has 0 N–H and O–H groups in total. The van der Waals surface area contributed by atoms with Gasteiger partial charge in [-0.2, -0.15) is 0 Å². The molecule has 0 aliphatic rings. The summed E-state index contributed by atoms with van der Waals surface area (Å²) in [5.74, 6) is 0.646. The summed E-state index contributed by atoms with van der Waals surface area (Å²) >= 11 is 3.42. The van der Waals surface area contributed by atoms with Crippen LogP contribution < -0.4 is 4.74 Å². The highest BCUT2D eigenvalue weighted by molar-refractivity contribution is 9.10. The van der Waals surface area contributed by atoms with Gasteiger partial charge in [-0.15, -0.1) is 0 Å². The normalized spacial score (nSPS) is 10.6. The van der Waals surface area contributed by atoms with E-state index in [9.17, 15) is 4.79 Å². The molecule has 3 aromatic rings. The van der Waals surface area contributed by atoms with E-state index in [2.05, 4.69) is 20.9 Å². The first-order valence-corrected chi connectivity index (χ1v) is 7.80. The van der Waals surface area contributed by atoms with Gasteiger partial charge in [0.1, 0.15) is 5.75 Å². The second-order valence-corrected chi connectivity index (χ2v) is 5.90. The van der Waals surface area contributed by atoms with Gasteiger partial charge in [-0.05, 0) is 37.3 Å². The van der Waals surface area contributed by atoms with E-state index < -0.39 is 5.97 Å². The maximum Gasteiger partial charge on any atom is 0.339 e. The number of pyridine rings is 1. The number of fused-ring (bicyclic) bond motifs is 1. The quantitative estimate of drug-likeness (QED) is 0.615. The molecule has 1 aromatic heterocycles. The molecule has 116 valence electrons. The molecule has 0 unspecified atom stereocenters. The summed E-state index contributed by atoms with van der Waals surface area (Å²) in [5.41, 5.74) is 1.78. The molecule has 0 amide bonds. The molecule has 5 heteroatoms. The molecule has 0 bridgehead atoms. The van der Waals surface area contributed by atoms with Crippen molar-refractivity contribution in [2.24, 2.45) is 0 Å². The number of carbonyl (C=O) groups is 1. The fraction of sp³-hybridized carbons (Fsp3) is 0.111. The van der Waals surface area contributed by atoms with Gasteiger partial charge in [0.05, 0.1) is 18.2 Å². The van der Waals surface area contributed by atoms with Crippen LogP contribution in [0.15, 0.2) is 53.0 Å². The van der Waals surface area contributed by atoms with Crippen LogP contribution in [-0.4, -0.2) is 18.1 Å². The lowest BCUT2D eigenvalue weighted by atomic mass is 10.0. The van der Waals surface area contributed by atoms with Crippen molar-refractivity contribution in [2.45, 2.75) is 6.92 Å². The topological polar surface area (TPSA) is 48.4 Å². The third-order valence-electron chi connectivity index (χ3n) is 3.49. The second kappa shape index (κ2) is 6.38. The minimum absolute atomic E-state index is 0.395. The van der Waals surface area contributed by atoms with E-state index in [1.807, 2.05) is 48.5 Å². The van der Waals surface area contributed by atoms with Crippen molar-refractivity contribution in [3.05, 3.63) is 64.1 Å². The van der Waals surface area contributed by atoms with Crippen LogP contribution in [0.1, 0.15) is 15.9 Å². The molecule has 0 aliphatic carbocycles. The van der Waals surface area contributed by atoms with Crippen LogP contribution in [0.3, 0.4) is 0 Å². The van der Waals surface area contributed by atoms with Crippen molar-refractivity contribution in [3.63, 3.8) is 0 Å². The lowest BCUT2D eigenvalue weighted by Gasteiger charge is -2.13. The number of aromatic nitrogens is 1. The van der Waals surface area contributed by atoms with Crippen LogP contribution in [-0.2, 0) is 4.74 Å². The first kappa shape index (κ1) is 15.5. The number of para-hydroxylation sites is 1. The summed E-state index contributed by atoms with van der Waals surface area (Å²) in [6, 6.07) is 14.9. The molecule has 23 heavy (non-hydrogen) atoms. The van der Waals surface area contributed by atoms with Crippen molar-refractivity contribution in [2.75, 3.05) is 7.11 Å². The van der Waals surface area contributed by atoms with Crippen molar-refractivity contribution in [3.8, 4) is 11.6 Å². The predicted octanol–water partition coefficient (Wildman–Crippen LogP) is 4.88. The Kier molecular flexibility index (Phi) is 4.30. The van der Waals surface area contributed by atoms with Gasteiger partial charge in [0.15, 0.2) is 0 Å². The number of benzene rings is 2. The number of methoxy groups -OCH3 is 1. The Balaban J connectivity index is 2.21. The Labute approximate surface area is 142 Å². The number of hydrogen-bond donors (Lipinski definition) is 0. The molecule has 1 heterocycles. The highest BCUT2D eigenvalue weighted by Gasteiger charge is 2.20. The van der Waals surface area contributed by atoms with Gasteiger partial charge in [-0.3, -0.25) is 0 Å². The number of rotatable bonds is 3. The number of halogens is 1. The summed E-state index contributed by atoms with van der Waals surface area (Å²) < 4.78 is 11.7. The van der Waals surface area contributed by atoms with Gasteiger partial charge in [-0.1, -0.05) is 34.1 Å². The molecule has 3 rings (SSSR count). The number of hydrogen-bond acceptors (Lipinski definition) is 4. The number of esters is 1. The predicted molar refractivity (Wildman–Crippen MR) is 92.0 cm³/mol. The molecule has 0 radical (unpaired) electrons. The number of nitrogens with zero attached hydrogens (tertiary/aromatic N) is 1. The van der Waals surface area contributed by atoms with Gasteiger partial charge in [0.25, 0.3) is 0 Å². The van der Waals surface area contributed by atoms with Gasteiger partial charge in [0, 0.05) is 15.4 Å². The third-order valence-corrected chi connectivity index (χ3v) is 3.99. The molecule has 2 aromatic carbocycles. The zero-order valence-corrected chi connectivity index (χ0v) is 14.3. The van der Waals surface area contributed by atoms with E-state index in [4.69, 9.17) is 9.47 Å². The van der Waals surface area contributed by atoms with E-state index in [-0.39, 0.29) is 0 Å². The van der Waals surface area contributed by atoms with Crippen LogP contribution in [0.5, 0.6) is 11.6 Å². The first-order valence-electron chi connectivity index (χ1n) is 7.01. The Morgan fingerprint density at radius 2 is 1.87 bits per heavy atom. The highest BCUT2D eigenvalue weighted by Crippen LogP contribution is 2.32. The molecular weight excluding hydrogens is 358 g/mol. The summed E-state index contributed by atoms with van der Waals surface area (Å²) in [6.07, 6.45) is 0. The molecular formula is C18H14BrNO3. The van der Waals surface area contributed by atoms with Crippen LogP contribution in [0.25, 0.3) is 10.9 Å². The lowest BCUT2D eigenvalue weighted by molar-refractivity contribution is 0.0601. The Hall–Kier alpha value is -2.40. The van der Waals surface area contributed by atoms with E-state index in [1.165, 1.54) is 7.11 Å². The number of ether oxygens (including phenoxy) is 2. The molecule has 0 fully saturated rings. The fourth-order valence-corrected chi connectivity index (χ4v) is 2.73. The van der Waals surface area contributed by atoms with Crippen molar-refractivity contribution >= 4 is 32.8 Å². The zero-order chi connectivity index (χ0) is 16.4. The SMILES string of the molecule is COC(=O)c1c(C)c(Oc2ccccc2)nc2ccc(Br)cc12. The molecule has 0 saturated carbocycles. The summed E-state index contributed by atoms with van der Waals surface area (Å²) in [5, 5.41) is 0.726. The van der Waals surface area contributed by atoms with Gasteiger partial charge in [0.2, 0.25) is 5.88 Å². The number of carbonyl (C=O) groups excluding carboxylic acids is 1. The van der Waals surface area contributed by atoms with Crippen molar-refractivity contribution in [1.82, 2.24) is 4.98 Å². The van der Waals surface area contributed by atoms with E-state index in [1.54, 1.807) is 6.92 Å². The maximum atomic E-state index is 12.2. The van der Waals surface area contributed by atoms with Crippen LogP contribution in [0.4, 0.5) is 0 Å².